The van der Waals surface area contributed by atoms with Gasteiger partial charge in [-0.15, -0.1) is 0 Å². The molecule has 302 valence electrons. The summed E-state index contributed by atoms with van der Waals surface area (Å²) in [6.45, 7) is 22.4. The Balaban J connectivity index is 0.00000119. The highest BCUT2D eigenvalue weighted by atomic mass is 79.9. The fourth-order valence-corrected chi connectivity index (χ4v) is 5.49. The largest absolute Gasteiger partial charge is 0.493 e. The highest BCUT2D eigenvalue weighted by Crippen LogP contribution is 2.38. The molecule has 0 saturated carbocycles. The van der Waals surface area contributed by atoms with Crippen molar-refractivity contribution in [3.63, 3.8) is 0 Å². The lowest BCUT2D eigenvalue weighted by Crippen LogP contribution is -2.35. The van der Waals surface area contributed by atoms with E-state index in [-0.39, 0.29) is 23.3 Å². The number of amides is 1. The van der Waals surface area contributed by atoms with Crippen molar-refractivity contribution < 1.29 is 28.5 Å². The summed E-state index contributed by atoms with van der Waals surface area (Å²) in [7, 11) is 3.07. The van der Waals surface area contributed by atoms with Crippen LogP contribution in [0.4, 0.5) is 0 Å². The van der Waals surface area contributed by atoms with E-state index in [0.717, 1.165) is 54.0 Å². The summed E-state index contributed by atoms with van der Waals surface area (Å²) in [5.74, 6) is 1.77. The predicted molar refractivity (Wildman–Crippen MR) is 230 cm³/mol. The van der Waals surface area contributed by atoms with E-state index >= 15 is 0 Å². The molecule has 1 heterocycles. The van der Waals surface area contributed by atoms with Crippen LogP contribution in [-0.4, -0.2) is 62.2 Å². The summed E-state index contributed by atoms with van der Waals surface area (Å²) >= 11 is 9.79. The number of benzene rings is 1. The number of hydrogen-bond acceptors (Lipinski definition) is 7. The molecule has 8 nitrogen and oxygen atoms in total. The van der Waals surface area contributed by atoms with E-state index in [1.54, 1.807) is 31.2 Å². The molecule has 0 bridgehead atoms. The Kier molecular flexibility index (Phi) is 27.6. The molecule has 0 atom stereocenters. The molecular formula is C44H66BrClN2O6. The SMILES string of the molecule is CC.CCC/C=C1\C=CC=CN1/C(C)=C(\C)CN(CCC(C)C)C(=O)c1ccc(OC)c(OC)c1Cl.CC\C=C(C)/C(=C\C=C\Br)OCCC(=O)OCC. The summed E-state index contributed by atoms with van der Waals surface area (Å²) in [5, 5.41) is 0.272. The Morgan fingerprint density at radius 2 is 1.72 bits per heavy atom. The van der Waals surface area contributed by atoms with Gasteiger partial charge in [0.25, 0.3) is 5.91 Å². The fourth-order valence-electron chi connectivity index (χ4n) is 5.02. The van der Waals surface area contributed by atoms with Crippen LogP contribution in [0.5, 0.6) is 11.5 Å². The normalized spacial score (nSPS) is 13.9. The van der Waals surface area contributed by atoms with Gasteiger partial charge < -0.3 is 28.7 Å². The van der Waals surface area contributed by atoms with Gasteiger partial charge in [-0.2, -0.15) is 0 Å². The average Bonchev–Trinajstić information content (AvgIpc) is 3.17. The second-order valence-electron chi connectivity index (χ2n) is 12.5. The van der Waals surface area contributed by atoms with E-state index < -0.39 is 0 Å². The number of allylic oxidation sites excluding steroid dienone is 9. The number of esters is 1. The zero-order chi connectivity index (χ0) is 41.1. The molecule has 0 aliphatic carbocycles. The van der Waals surface area contributed by atoms with Gasteiger partial charge in [0.15, 0.2) is 11.5 Å². The van der Waals surface area contributed by atoms with Gasteiger partial charge in [-0.1, -0.05) is 99.8 Å². The maximum absolute atomic E-state index is 13.7. The molecule has 0 aromatic heterocycles. The van der Waals surface area contributed by atoms with Gasteiger partial charge in [0.2, 0.25) is 0 Å². The third kappa shape index (κ3) is 18.1. The van der Waals surface area contributed by atoms with E-state index in [0.29, 0.717) is 49.3 Å². The maximum Gasteiger partial charge on any atom is 0.309 e. The minimum absolute atomic E-state index is 0.116. The first-order valence-electron chi connectivity index (χ1n) is 19.0. The third-order valence-corrected chi connectivity index (χ3v) is 8.69. The first-order valence-corrected chi connectivity index (χ1v) is 20.3. The molecule has 0 fully saturated rings. The molecule has 0 N–H and O–H groups in total. The zero-order valence-electron chi connectivity index (χ0n) is 34.9. The van der Waals surface area contributed by atoms with Crippen LogP contribution in [-0.2, 0) is 14.3 Å². The van der Waals surface area contributed by atoms with Crippen molar-refractivity contribution in [1.82, 2.24) is 9.80 Å². The van der Waals surface area contributed by atoms with Gasteiger partial charge in [-0.05, 0) is 99.4 Å². The second-order valence-corrected chi connectivity index (χ2v) is 13.4. The number of hydrogen-bond donors (Lipinski definition) is 0. The molecular weight excluding hydrogens is 768 g/mol. The molecule has 1 amide bonds. The predicted octanol–water partition coefficient (Wildman–Crippen LogP) is 12.3. The number of methoxy groups -OCH3 is 2. The van der Waals surface area contributed by atoms with Crippen molar-refractivity contribution in [2.75, 3.05) is 40.5 Å². The Morgan fingerprint density at radius 1 is 1.02 bits per heavy atom. The van der Waals surface area contributed by atoms with Crippen molar-refractivity contribution >= 4 is 39.4 Å². The molecule has 1 aliphatic heterocycles. The zero-order valence-corrected chi connectivity index (χ0v) is 37.2. The molecule has 0 saturated heterocycles. The summed E-state index contributed by atoms with van der Waals surface area (Å²) in [6, 6.07) is 3.44. The number of nitrogens with zero attached hydrogens (tertiary/aromatic N) is 2. The lowest BCUT2D eigenvalue weighted by molar-refractivity contribution is -0.143. The molecule has 2 rings (SSSR count). The van der Waals surface area contributed by atoms with Crippen molar-refractivity contribution in [3.05, 3.63) is 105 Å². The smallest absolute Gasteiger partial charge is 0.309 e. The van der Waals surface area contributed by atoms with Crippen LogP contribution in [0.25, 0.3) is 0 Å². The molecule has 0 unspecified atom stereocenters. The molecule has 1 aliphatic rings. The lowest BCUT2D eigenvalue weighted by Gasteiger charge is -2.30. The van der Waals surface area contributed by atoms with Crippen molar-refractivity contribution in [2.45, 2.75) is 101 Å². The summed E-state index contributed by atoms with van der Waals surface area (Å²) < 4.78 is 21.2. The Hall–Kier alpha value is -3.69. The van der Waals surface area contributed by atoms with Crippen LogP contribution >= 0.6 is 27.5 Å². The van der Waals surface area contributed by atoms with Crippen molar-refractivity contribution in [3.8, 4) is 11.5 Å². The Morgan fingerprint density at radius 3 is 2.30 bits per heavy atom. The molecule has 0 radical (unpaired) electrons. The Bertz CT molecular complexity index is 1510. The molecule has 0 spiro atoms. The number of rotatable bonds is 19. The number of unbranched alkanes of at least 4 members (excludes halogenated alkanes) is 1. The van der Waals surface area contributed by atoms with Crippen LogP contribution < -0.4 is 9.47 Å². The minimum Gasteiger partial charge on any atom is -0.493 e. The van der Waals surface area contributed by atoms with E-state index in [1.165, 1.54) is 7.11 Å². The Labute approximate surface area is 340 Å². The van der Waals surface area contributed by atoms with Crippen LogP contribution in [0, 0.1) is 5.92 Å². The van der Waals surface area contributed by atoms with Crippen molar-refractivity contribution in [2.24, 2.45) is 5.92 Å². The van der Waals surface area contributed by atoms with E-state index in [1.807, 2.05) is 43.9 Å². The first-order chi connectivity index (χ1) is 25.9. The van der Waals surface area contributed by atoms with Crippen LogP contribution in [0.3, 0.4) is 0 Å². The molecule has 10 heteroatoms. The number of carbonyl (C=O) groups is 2. The van der Waals surface area contributed by atoms with Crippen LogP contribution in [0.2, 0.25) is 5.02 Å². The second kappa shape index (κ2) is 29.6. The number of ether oxygens (including phenoxy) is 4. The van der Waals surface area contributed by atoms with E-state index in [4.69, 9.17) is 30.5 Å². The van der Waals surface area contributed by atoms with Gasteiger partial charge in [0, 0.05) is 30.7 Å². The quantitative estimate of drug-likeness (QED) is 0.0780. The molecule has 1 aromatic carbocycles. The highest BCUT2D eigenvalue weighted by Gasteiger charge is 2.24. The maximum atomic E-state index is 13.7. The monoisotopic (exact) mass is 832 g/mol. The summed E-state index contributed by atoms with van der Waals surface area (Å²) in [4.78, 5) is 30.7. The number of carbonyl (C=O) groups excluding carboxylic acids is 2. The lowest BCUT2D eigenvalue weighted by atomic mass is 10.1. The van der Waals surface area contributed by atoms with Gasteiger partial charge >= 0.3 is 5.97 Å². The van der Waals surface area contributed by atoms with E-state index in [2.05, 4.69) is 92.9 Å². The average molecular weight is 834 g/mol. The number of halogens is 2. The standard InChI is InChI=1S/C28H39ClN2O3.C14H21BrO3.C2H6/c1-8-9-12-23-13-10-11-17-31(23)22(5)21(4)19-30(18-16-20(2)3)28(32)24-14-15-25(33-6)27(34-7)26(24)29;1-4-7-12(3)13(8-6-10-15)18-11-9-14(16)17-5-2;1-2/h10-15,17,20H,8-9,16,18-19H2,1-7H3;6-8,10H,4-5,9,11H2,1-3H3;1-2H3/b22-21+,23-12+;10-6+,12-7-,13-8+;. The summed E-state index contributed by atoms with van der Waals surface area (Å²) in [6.07, 6.45) is 20.6. The van der Waals surface area contributed by atoms with Crippen LogP contribution in [0.15, 0.2) is 94.1 Å². The molecule has 54 heavy (non-hydrogen) atoms. The van der Waals surface area contributed by atoms with Gasteiger partial charge in [-0.25, -0.2) is 0 Å². The minimum atomic E-state index is -0.231. The topological polar surface area (TPSA) is 77.5 Å². The summed E-state index contributed by atoms with van der Waals surface area (Å²) in [5.41, 5.74) is 4.87. The first kappa shape index (κ1) is 50.3. The van der Waals surface area contributed by atoms with Gasteiger partial charge in [0.1, 0.15) is 5.76 Å². The van der Waals surface area contributed by atoms with Gasteiger partial charge in [-0.3, -0.25) is 9.59 Å². The van der Waals surface area contributed by atoms with E-state index in [9.17, 15) is 9.59 Å². The fraction of sp³-hybridized carbons (Fsp3) is 0.500. The third-order valence-electron chi connectivity index (χ3n) is 8.01. The van der Waals surface area contributed by atoms with Crippen molar-refractivity contribution in [1.29, 1.82) is 0 Å². The van der Waals surface area contributed by atoms with Crippen LogP contribution in [0.1, 0.15) is 112 Å². The van der Waals surface area contributed by atoms with Gasteiger partial charge in [0.05, 0.1) is 44.4 Å². The molecule has 1 aromatic rings. The highest BCUT2D eigenvalue weighted by molar-refractivity contribution is 9.11.